The Morgan fingerprint density at radius 3 is 2.59 bits per heavy atom. The van der Waals surface area contributed by atoms with Crippen LogP contribution in [0.15, 0.2) is 62.4 Å². The van der Waals surface area contributed by atoms with Gasteiger partial charge in [0.05, 0.1) is 23.0 Å². The number of allylic oxidation sites excluding steroid dienone is 3. The minimum absolute atomic E-state index is 0.0236. The highest BCUT2D eigenvalue weighted by atomic mass is 79.9. The third kappa shape index (κ3) is 3.82. The lowest BCUT2D eigenvalue weighted by Crippen LogP contribution is -2.38. The molecule has 1 aromatic heterocycles. The molecule has 4 N–H and O–H groups in total. The second kappa shape index (κ2) is 8.86. The van der Waals surface area contributed by atoms with Crippen LogP contribution < -0.4 is 10.2 Å². The zero-order valence-corrected chi connectivity index (χ0v) is 22.2. The van der Waals surface area contributed by atoms with Crippen molar-refractivity contribution in [2.24, 2.45) is 5.10 Å². The fraction of sp³-hybridized carbons (Fsp3) is 0.154. The average Bonchev–Trinajstić information content (AvgIpc) is 3.42. The summed E-state index contributed by atoms with van der Waals surface area (Å²) in [4.78, 5) is 30.0. The lowest BCUT2D eigenvalue weighted by atomic mass is 9.71. The van der Waals surface area contributed by atoms with Gasteiger partial charge in [-0.25, -0.2) is 4.98 Å². The molecule has 0 spiro atoms. The molecule has 0 saturated heterocycles. The molecule has 3 aromatic rings. The minimum atomic E-state index is -1.58. The van der Waals surface area contributed by atoms with E-state index in [2.05, 4.69) is 31.4 Å². The highest BCUT2D eigenvalue weighted by Crippen LogP contribution is 2.60. The van der Waals surface area contributed by atoms with Gasteiger partial charge in [-0.05, 0) is 38.5 Å². The molecule has 0 saturated carbocycles. The Balaban J connectivity index is 1.56. The smallest absolute Gasteiger partial charge is 0.203 e. The Bertz CT molecular complexity index is 1590. The van der Waals surface area contributed by atoms with Gasteiger partial charge in [0.25, 0.3) is 0 Å². The molecule has 37 heavy (non-hydrogen) atoms. The number of nitrogens with one attached hydrogen (secondary N) is 1. The molecule has 5 rings (SSSR count). The molecule has 1 atom stereocenters. The number of halogens is 1. The minimum Gasteiger partial charge on any atom is -0.507 e. The third-order valence-corrected chi connectivity index (χ3v) is 7.68. The first-order valence-electron chi connectivity index (χ1n) is 11.0. The van der Waals surface area contributed by atoms with Crippen LogP contribution in [0.25, 0.3) is 11.3 Å². The van der Waals surface area contributed by atoms with E-state index in [0.29, 0.717) is 10.8 Å². The number of thiazole rings is 1. The van der Waals surface area contributed by atoms with E-state index in [4.69, 9.17) is 4.74 Å². The second-order valence-electron chi connectivity index (χ2n) is 8.74. The van der Waals surface area contributed by atoms with E-state index in [1.54, 1.807) is 11.6 Å². The Morgan fingerprint density at radius 2 is 1.92 bits per heavy atom. The zero-order valence-electron chi connectivity index (χ0n) is 19.8. The number of Topliss-reactive ketones (excluding diaryl/α,β-unsaturated/α-hetero) is 2. The van der Waals surface area contributed by atoms with E-state index in [-0.39, 0.29) is 45.3 Å². The Labute approximate surface area is 223 Å². The molecule has 1 aliphatic heterocycles. The van der Waals surface area contributed by atoms with Gasteiger partial charge in [-0.2, -0.15) is 5.10 Å². The number of fused-ring (bicyclic) bond motifs is 3. The summed E-state index contributed by atoms with van der Waals surface area (Å²) in [7, 11) is 0. The van der Waals surface area contributed by atoms with Crippen LogP contribution in [0.4, 0.5) is 5.13 Å². The van der Waals surface area contributed by atoms with Crippen LogP contribution >= 0.6 is 27.3 Å². The SMILES string of the molecule is CC(=O)C1=C(O)C=C2Oc3c(-c4csc(N/N=C/c5ccc(Br)cc5)n4)c(O)c(C)c(O)c3[C@@]2(C)C1=O. The van der Waals surface area contributed by atoms with Gasteiger partial charge in [0, 0.05) is 21.5 Å². The summed E-state index contributed by atoms with van der Waals surface area (Å²) in [6.07, 6.45) is 2.82. The van der Waals surface area contributed by atoms with Crippen LogP contribution in [0.1, 0.15) is 30.5 Å². The molecule has 0 radical (unpaired) electrons. The van der Waals surface area contributed by atoms with E-state index in [0.717, 1.165) is 10.0 Å². The summed E-state index contributed by atoms with van der Waals surface area (Å²) in [5.74, 6) is -2.38. The number of ether oxygens (including phenoxy) is 1. The monoisotopic (exact) mass is 581 g/mol. The number of hydrogen-bond donors (Lipinski definition) is 4. The number of carbonyl (C=O) groups is 2. The number of anilines is 1. The van der Waals surface area contributed by atoms with Crippen LogP contribution in [-0.2, 0) is 15.0 Å². The Morgan fingerprint density at radius 1 is 1.22 bits per heavy atom. The van der Waals surface area contributed by atoms with Crippen molar-refractivity contribution in [2.75, 3.05) is 5.43 Å². The first kappa shape index (κ1) is 24.7. The van der Waals surface area contributed by atoms with Crippen LogP contribution in [0.5, 0.6) is 17.2 Å². The molecular formula is C26H20BrN3O6S. The molecule has 0 bridgehead atoms. The molecule has 0 amide bonds. The van der Waals surface area contributed by atoms with E-state index in [1.807, 2.05) is 24.3 Å². The number of hydrogen-bond acceptors (Lipinski definition) is 10. The van der Waals surface area contributed by atoms with Crippen molar-refractivity contribution in [3.05, 3.63) is 74.0 Å². The highest BCUT2D eigenvalue weighted by molar-refractivity contribution is 9.10. The molecule has 0 fully saturated rings. The molecule has 11 heteroatoms. The third-order valence-electron chi connectivity index (χ3n) is 6.40. The standard InChI is InChI=1S/C26H20BrN3O6S/c1-11-21(33)19(15-10-37-25(29-15)30-28-9-13-4-6-14(27)7-5-13)23-20(22(11)34)26(3)17(36-23)8-16(32)18(12(2)31)24(26)35/h4-10,32-34H,1-3H3,(H,29,30)/b28-9+/t26-/m0/s1. The van der Waals surface area contributed by atoms with Crippen molar-refractivity contribution in [1.29, 1.82) is 0 Å². The van der Waals surface area contributed by atoms with E-state index >= 15 is 0 Å². The predicted molar refractivity (Wildman–Crippen MR) is 142 cm³/mol. The lowest BCUT2D eigenvalue weighted by Gasteiger charge is -2.28. The Hall–Kier alpha value is -3.96. The first-order chi connectivity index (χ1) is 17.5. The fourth-order valence-corrected chi connectivity index (χ4v) is 5.33. The molecule has 0 unspecified atom stereocenters. The van der Waals surface area contributed by atoms with Gasteiger partial charge >= 0.3 is 0 Å². The van der Waals surface area contributed by atoms with E-state index in [9.17, 15) is 24.9 Å². The number of phenols is 2. The van der Waals surface area contributed by atoms with Crippen molar-refractivity contribution in [1.82, 2.24) is 4.98 Å². The summed E-state index contributed by atoms with van der Waals surface area (Å²) in [6, 6.07) is 7.57. The van der Waals surface area contributed by atoms with Gasteiger partial charge in [0.2, 0.25) is 5.13 Å². The van der Waals surface area contributed by atoms with Gasteiger partial charge in [-0.3, -0.25) is 15.0 Å². The number of hydrazone groups is 1. The van der Waals surface area contributed by atoms with Crippen molar-refractivity contribution >= 4 is 50.2 Å². The molecule has 188 valence electrons. The van der Waals surface area contributed by atoms with Gasteiger partial charge < -0.3 is 20.1 Å². The molecule has 2 heterocycles. The number of phenolic OH excluding ortho intramolecular Hbond substituents is 2. The summed E-state index contributed by atoms with van der Waals surface area (Å²) in [5, 5.41) is 38.6. The fourth-order valence-electron chi connectivity index (χ4n) is 4.42. The van der Waals surface area contributed by atoms with Gasteiger partial charge in [-0.15, -0.1) is 11.3 Å². The first-order valence-corrected chi connectivity index (χ1v) is 12.7. The number of aromatic nitrogens is 1. The van der Waals surface area contributed by atoms with Crippen molar-refractivity contribution in [2.45, 2.75) is 26.2 Å². The summed E-state index contributed by atoms with van der Waals surface area (Å²) in [5.41, 5.74) is 2.47. The number of rotatable bonds is 5. The van der Waals surface area contributed by atoms with E-state index in [1.165, 1.54) is 38.2 Å². The van der Waals surface area contributed by atoms with Crippen LogP contribution in [0.2, 0.25) is 0 Å². The maximum Gasteiger partial charge on any atom is 0.203 e. The largest absolute Gasteiger partial charge is 0.507 e. The number of aliphatic hydroxyl groups is 1. The normalized spacial score (nSPS) is 18.5. The quantitative estimate of drug-likeness (QED) is 0.182. The lowest BCUT2D eigenvalue weighted by molar-refractivity contribution is -0.123. The average molecular weight is 582 g/mol. The zero-order chi connectivity index (χ0) is 26.6. The molecule has 2 aromatic carbocycles. The molecule has 1 aliphatic carbocycles. The van der Waals surface area contributed by atoms with Crippen LogP contribution in [-0.4, -0.2) is 38.1 Å². The van der Waals surface area contributed by atoms with Gasteiger partial charge in [0.15, 0.2) is 11.6 Å². The second-order valence-corrected chi connectivity index (χ2v) is 10.5. The van der Waals surface area contributed by atoms with Gasteiger partial charge in [0.1, 0.15) is 39.8 Å². The van der Waals surface area contributed by atoms with Crippen molar-refractivity contribution in [3.8, 4) is 28.5 Å². The Kier molecular flexibility index (Phi) is 5.92. The van der Waals surface area contributed by atoms with Crippen LogP contribution in [0.3, 0.4) is 0 Å². The molecule has 2 aliphatic rings. The van der Waals surface area contributed by atoms with Crippen molar-refractivity contribution < 1.29 is 29.6 Å². The maximum absolute atomic E-state index is 13.4. The molecular weight excluding hydrogens is 562 g/mol. The molecule has 9 nitrogen and oxygen atoms in total. The number of nitrogens with zero attached hydrogens (tertiary/aromatic N) is 2. The summed E-state index contributed by atoms with van der Waals surface area (Å²) < 4.78 is 6.92. The predicted octanol–water partition coefficient (Wildman–Crippen LogP) is 5.26. The number of carbonyl (C=O) groups excluding carboxylic acids is 2. The number of aliphatic hydroxyl groups excluding tert-OH is 1. The number of ketones is 2. The highest BCUT2D eigenvalue weighted by Gasteiger charge is 2.55. The topological polar surface area (TPSA) is 141 Å². The van der Waals surface area contributed by atoms with E-state index < -0.39 is 22.7 Å². The van der Waals surface area contributed by atoms with Crippen molar-refractivity contribution in [3.63, 3.8) is 0 Å². The van der Waals surface area contributed by atoms with Gasteiger partial charge in [-0.1, -0.05) is 28.1 Å². The maximum atomic E-state index is 13.4. The summed E-state index contributed by atoms with van der Waals surface area (Å²) >= 11 is 4.61. The number of aromatic hydroxyl groups is 2. The number of benzene rings is 2. The van der Waals surface area contributed by atoms with Crippen LogP contribution in [0, 0.1) is 6.92 Å². The summed E-state index contributed by atoms with van der Waals surface area (Å²) in [6.45, 7) is 4.19.